The van der Waals surface area contributed by atoms with Crippen molar-refractivity contribution in [3.8, 4) is 33.9 Å². The van der Waals surface area contributed by atoms with Gasteiger partial charge in [0.2, 0.25) is 0 Å². The van der Waals surface area contributed by atoms with Crippen LogP contribution in [0.25, 0.3) is 33.9 Å². The van der Waals surface area contributed by atoms with Gasteiger partial charge in [0.15, 0.2) is 11.6 Å². The van der Waals surface area contributed by atoms with E-state index in [-0.39, 0.29) is 0 Å². The minimum Gasteiger partial charge on any atom is -0.344 e. The number of benzene rings is 4. The standard InChI is InChI=1S/C36H38N4/c1-21-14-22(2)17-30(16-21)29-10-12-32(13-11-29)40(9)34-27(7)25(5)33(26(6)28(34)8)36-38-20-37-35(39-36)31-18-23(3)15-24(4)19-31/h10-20H,1-9H3. The van der Waals surface area contributed by atoms with Gasteiger partial charge in [-0.3, -0.25) is 0 Å². The van der Waals surface area contributed by atoms with Gasteiger partial charge in [-0.2, -0.15) is 0 Å². The van der Waals surface area contributed by atoms with Crippen molar-refractivity contribution in [3.63, 3.8) is 0 Å². The van der Waals surface area contributed by atoms with Crippen LogP contribution in [0, 0.1) is 55.4 Å². The minimum atomic E-state index is 0.705. The maximum atomic E-state index is 4.95. The smallest absolute Gasteiger partial charge is 0.163 e. The zero-order chi connectivity index (χ0) is 28.7. The van der Waals surface area contributed by atoms with E-state index in [1.807, 2.05) is 0 Å². The number of aromatic nitrogens is 3. The molecule has 202 valence electrons. The number of hydrogen-bond acceptors (Lipinski definition) is 4. The van der Waals surface area contributed by atoms with Crippen LogP contribution in [-0.2, 0) is 0 Å². The Morgan fingerprint density at radius 1 is 0.500 bits per heavy atom. The van der Waals surface area contributed by atoms with E-state index in [2.05, 4.69) is 138 Å². The molecule has 0 saturated carbocycles. The Hall–Kier alpha value is -4.31. The van der Waals surface area contributed by atoms with Gasteiger partial charge in [0.05, 0.1) is 0 Å². The molecule has 4 aromatic carbocycles. The quantitative estimate of drug-likeness (QED) is 0.229. The molecule has 0 amide bonds. The molecule has 1 aromatic heterocycles. The van der Waals surface area contributed by atoms with Crippen molar-refractivity contribution < 1.29 is 0 Å². The monoisotopic (exact) mass is 526 g/mol. The van der Waals surface area contributed by atoms with E-state index in [9.17, 15) is 0 Å². The molecule has 1 heterocycles. The van der Waals surface area contributed by atoms with Crippen LogP contribution < -0.4 is 4.90 Å². The summed E-state index contributed by atoms with van der Waals surface area (Å²) in [5, 5.41) is 0. The molecule has 5 aromatic rings. The van der Waals surface area contributed by atoms with Gasteiger partial charge in [0.25, 0.3) is 0 Å². The molecule has 5 rings (SSSR count). The maximum Gasteiger partial charge on any atom is 0.163 e. The maximum absolute atomic E-state index is 4.95. The first-order valence-electron chi connectivity index (χ1n) is 13.8. The van der Waals surface area contributed by atoms with E-state index >= 15 is 0 Å². The van der Waals surface area contributed by atoms with E-state index < -0.39 is 0 Å². The fourth-order valence-corrected chi connectivity index (χ4v) is 5.94. The summed E-state index contributed by atoms with van der Waals surface area (Å²) in [6.45, 7) is 17.3. The lowest BCUT2D eigenvalue weighted by Gasteiger charge is -2.28. The fraction of sp³-hybridized carbons (Fsp3) is 0.250. The second-order valence-corrected chi connectivity index (χ2v) is 11.2. The summed E-state index contributed by atoms with van der Waals surface area (Å²) in [5.74, 6) is 1.42. The normalized spacial score (nSPS) is 11.1. The van der Waals surface area contributed by atoms with Crippen molar-refractivity contribution in [2.24, 2.45) is 0 Å². The Labute approximate surface area is 238 Å². The van der Waals surface area contributed by atoms with Crippen LogP contribution in [0.3, 0.4) is 0 Å². The van der Waals surface area contributed by atoms with E-state index in [0.29, 0.717) is 5.82 Å². The van der Waals surface area contributed by atoms with E-state index in [0.717, 1.165) is 22.6 Å². The van der Waals surface area contributed by atoms with Gasteiger partial charge in [0, 0.05) is 29.5 Å². The number of rotatable bonds is 5. The molecular weight excluding hydrogens is 488 g/mol. The summed E-state index contributed by atoms with van der Waals surface area (Å²) >= 11 is 0. The largest absolute Gasteiger partial charge is 0.344 e. The second-order valence-electron chi connectivity index (χ2n) is 11.2. The van der Waals surface area contributed by atoms with Crippen molar-refractivity contribution in [1.29, 1.82) is 0 Å². The summed E-state index contributed by atoms with van der Waals surface area (Å²) in [5.41, 5.74) is 16.8. The third-order valence-electron chi connectivity index (χ3n) is 8.01. The SMILES string of the molecule is Cc1cc(C)cc(-c2ccc(N(C)c3c(C)c(C)c(-c4ncnc(-c5cc(C)cc(C)c5)n4)c(C)c3C)cc2)c1. The third kappa shape index (κ3) is 5.14. The Kier molecular flexibility index (Phi) is 7.29. The topological polar surface area (TPSA) is 41.9 Å². The highest BCUT2D eigenvalue weighted by molar-refractivity contribution is 5.80. The van der Waals surface area contributed by atoms with E-state index in [1.54, 1.807) is 6.33 Å². The molecule has 0 radical (unpaired) electrons. The molecule has 0 saturated heterocycles. The lowest BCUT2D eigenvalue weighted by atomic mass is 9.90. The lowest BCUT2D eigenvalue weighted by molar-refractivity contribution is 1.05. The highest BCUT2D eigenvalue weighted by Gasteiger charge is 2.21. The first-order valence-corrected chi connectivity index (χ1v) is 13.8. The Bertz CT molecular complexity index is 1660. The molecule has 0 spiro atoms. The van der Waals surface area contributed by atoms with Gasteiger partial charge in [-0.05, 0) is 113 Å². The first-order chi connectivity index (χ1) is 19.0. The fourth-order valence-electron chi connectivity index (χ4n) is 5.94. The molecule has 0 N–H and O–H groups in total. The van der Waals surface area contributed by atoms with Gasteiger partial charge >= 0.3 is 0 Å². The van der Waals surface area contributed by atoms with Crippen molar-refractivity contribution >= 4 is 11.4 Å². The molecule has 0 atom stereocenters. The molecule has 0 aliphatic heterocycles. The summed E-state index contributed by atoms with van der Waals surface area (Å²) in [6, 6.07) is 22.0. The van der Waals surface area contributed by atoms with E-state index in [4.69, 9.17) is 4.98 Å². The molecule has 0 bridgehead atoms. The molecule has 4 heteroatoms. The van der Waals surface area contributed by atoms with Crippen LogP contribution in [-0.4, -0.2) is 22.0 Å². The second kappa shape index (κ2) is 10.7. The van der Waals surface area contributed by atoms with Gasteiger partial charge in [-0.25, -0.2) is 15.0 Å². The molecular formula is C36H38N4. The predicted molar refractivity (Wildman–Crippen MR) is 169 cm³/mol. The number of nitrogens with zero attached hydrogens (tertiary/aromatic N) is 4. The molecule has 40 heavy (non-hydrogen) atoms. The molecule has 4 nitrogen and oxygen atoms in total. The summed E-state index contributed by atoms with van der Waals surface area (Å²) in [7, 11) is 2.15. The number of aryl methyl sites for hydroxylation is 4. The molecule has 0 aliphatic carbocycles. The Morgan fingerprint density at radius 3 is 1.50 bits per heavy atom. The van der Waals surface area contributed by atoms with Gasteiger partial charge in [-0.15, -0.1) is 0 Å². The van der Waals surface area contributed by atoms with Crippen LogP contribution in [0.15, 0.2) is 67.0 Å². The van der Waals surface area contributed by atoms with Crippen LogP contribution in [0.5, 0.6) is 0 Å². The predicted octanol–water partition coefficient (Wildman–Crippen LogP) is 9.11. The summed E-state index contributed by atoms with van der Waals surface area (Å²) in [6.07, 6.45) is 1.64. The number of hydrogen-bond donors (Lipinski definition) is 0. The van der Waals surface area contributed by atoms with Crippen molar-refractivity contribution in [1.82, 2.24) is 15.0 Å². The zero-order valence-corrected chi connectivity index (χ0v) is 25.1. The van der Waals surface area contributed by atoms with Gasteiger partial charge in [0.1, 0.15) is 6.33 Å². The molecule has 0 unspecified atom stereocenters. The highest BCUT2D eigenvalue weighted by Crippen LogP contribution is 2.40. The third-order valence-corrected chi connectivity index (χ3v) is 8.01. The lowest BCUT2D eigenvalue weighted by Crippen LogP contribution is -2.15. The van der Waals surface area contributed by atoms with Crippen LogP contribution >= 0.6 is 0 Å². The van der Waals surface area contributed by atoms with Crippen LogP contribution in [0.1, 0.15) is 44.5 Å². The van der Waals surface area contributed by atoms with Gasteiger partial charge < -0.3 is 4.90 Å². The summed E-state index contributed by atoms with van der Waals surface area (Å²) < 4.78 is 0. The van der Waals surface area contributed by atoms with Crippen LogP contribution in [0.4, 0.5) is 11.4 Å². The van der Waals surface area contributed by atoms with E-state index in [1.165, 1.54) is 61.3 Å². The first kappa shape index (κ1) is 27.3. The molecule has 0 aliphatic rings. The van der Waals surface area contributed by atoms with Crippen molar-refractivity contribution in [2.75, 3.05) is 11.9 Å². The molecule has 0 fully saturated rings. The average Bonchev–Trinajstić information content (AvgIpc) is 2.91. The minimum absolute atomic E-state index is 0.705. The highest BCUT2D eigenvalue weighted by atomic mass is 15.1. The Morgan fingerprint density at radius 2 is 0.975 bits per heavy atom. The Balaban J connectivity index is 1.53. The van der Waals surface area contributed by atoms with Crippen LogP contribution in [0.2, 0.25) is 0 Å². The average molecular weight is 527 g/mol. The summed E-state index contributed by atoms with van der Waals surface area (Å²) in [4.78, 5) is 16.4. The number of anilines is 2. The van der Waals surface area contributed by atoms with Crippen molar-refractivity contribution in [3.05, 3.63) is 111 Å². The zero-order valence-electron chi connectivity index (χ0n) is 25.1. The van der Waals surface area contributed by atoms with Crippen molar-refractivity contribution in [2.45, 2.75) is 55.4 Å². The van der Waals surface area contributed by atoms with Gasteiger partial charge in [-0.1, -0.05) is 58.7 Å².